The van der Waals surface area contributed by atoms with E-state index in [0.29, 0.717) is 29.7 Å². The minimum Gasteiger partial charge on any atom is -0.348 e. The van der Waals surface area contributed by atoms with Gasteiger partial charge in [-0.25, -0.2) is 13.2 Å². The monoisotopic (exact) mass is 426 g/mol. The fourth-order valence-corrected chi connectivity index (χ4v) is 4.24. The second-order valence-corrected chi connectivity index (χ2v) is 7.61. The number of fused-ring (bicyclic) bond motifs is 4. The zero-order valence-corrected chi connectivity index (χ0v) is 16.4. The fourth-order valence-electron chi connectivity index (χ4n) is 4.24. The van der Waals surface area contributed by atoms with Crippen molar-refractivity contribution >= 4 is 27.6 Å². The van der Waals surface area contributed by atoms with E-state index in [1.165, 1.54) is 11.0 Å². The Morgan fingerprint density at radius 2 is 1.77 bits per heavy atom. The lowest BCUT2D eigenvalue weighted by atomic mass is 9.93. The Morgan fingerprint density at radius 1 is 1.03 bits per heavy atom. The Hall–Kier alpha value is -3.59. The third kappa shape index (κ3) is 3.00. The molecule has 3 heterocycles. The van der Waals surface area contributed by atoms with Crippen molar-refractivity contribution in [2.45, 2.75) is 12.6 Å². The van der Waals surface area contributed by atoms with Crippen LogP contribution in [-0.2, 0) is 6.54 Å². The molecule has 1 aliphatic heterocycles. The lowest BCUT2D eigenvalue weighted by molar-refractivity contribution is 0.0718. The first-order valence-corrected chi connectivity index (χ1v) is 9.64. The van der Waals surface area contributed by atoms with Gasteiger partial charge in [0.1, 0.15) is 11.5 Å². The molecule has 1 amide bonds. The molecule has 31 heavy (non-hydrogen) atoms. The zero-order valence-electron chi connectivity index (χ0n) is 16.4. The highest BCUT2D eigenvalue weighted by atomic mass is 19.2. The average molecular weight is 426 g/mol. The molecule has 2 aromatic carbocycles. The second-order valence-electron chi connectivity index (χ2n) is 7.61. The molecule has 4 aromatic rings. The molecule has 0 spiro atoms. The van der Waals surface area contributed by atoms with Crippen molar-refractivity contribution in [3.8, 4) is 0 Å². The topological polar surface area (TPSA) is 81.0 Å². The largest absolute Gasteiger partial charge is 0.348 e. The third-order valence-corrected chi connectivity index (χ3v) is 5.78. The number of nitrogens with one attached hydrogen (secondary N) is 3. The molecule has 0 bridgehead atoms. The van der Waals surface area contributed by atoms with Crippen molar-refractivity contribution in [2.75, 3.05) is 13.6 Å². The fraction of sp³-hybridized carbons (Fsp3) is 0.182. The number of hydrogen-bond acceptors (Lipinski definition) is 3. The number of hydrogen-bond donors (Lipinski definition) is 3. The molecule has 1 atom stereocenters. The van der Waals surface area contributed by atoms with Crippen LogP contribution in [0.2, 0.25) is 0 Å². The summed E-state index contributed by atoms with van der Waals surface area (Å²) in [6.07, 6.45) is 0. The number of likely N-dealkylation sites (N-methyl/N-ethyl adjacent to an activating group) is 1. The van der Waals surface area contributed by atoms with Crippen molar-refractivity contribution in [2.24, 2.45) is 0 Å². The van der Waals surface area contributed by atoms with Crippen LogP contribution in [0.25, 0.3) is 21.7 Å². The SMILES string of the molecule is CN(C(=O)c1cc2cccc(F)c2[nH]1)[C@@H]1CNCc2[nH]c(=O)c3cc(F)c(F)cc3c21. The van der Waals surface area contributed by atoms with Crippen LogP contribution in [0.15, 0.2) is 41.2 Å². The van der Waals surface area contributed by atoms with Gasteiger partial charge in [0.25, 0.3) is 11.5 Å². The van der Waals surface area contributed by atoms with Crippen LogP contribution in [-0.4, -0.2) is 34.4 Å². The Kier molecular flexibility index (Phi) is 4.37. The van der Waals surface area contributed by atoms with E-state index in [1.807, 2.05) is 0 Å². The molecule has 158 valence electrons. The summed E-state index contributed by atoms with van der Waals surface area (Å²) >= 11 is 0. The van der Waals surface area contributed by atoms with Crippen molar-refractivity contribution in [3.05, 3.63) is 81.2 Å². The van der Waals surface area contributed by atoms with E-state index >= 15 is 0 Å². The van der Waals surface area contributed by atoms with Gasteiger partial charge < -0.3 is 20.2 Å². The molecular formula is C22H17F3N4O2. The molecular weight excluding hydrogens is 409 g/mol. The van der Waals surface area contributed by atoms with E-state index in [4.69, 9.17) is 0 Å². The molecule has 9 heteroatoms. The Balaban J connectivity index is 1.62. The maximum atomic E-state index is 14.0. The van der Waals surface area contributed by atoms with Gasteiger partial charge in [-0.1, -0.05) is 12.1 Å². The van der Waals surface area contributed by atoms with Gasteiger partial charge in [-0.05, 0) is 29.7 Å². The van der Waals surface area contributed by atoms with Gasteiger partial charge in [0.05, 0.1) is 16.9 Å². The molecule has 6 nitrogen and oxygen atoms in total. The van der Waals surface area contributed by atoms with Crippen LogP contribution in [0.5, 0.6) is 0 Å². The number of rotatable bonds is 2. The van der Waals surface area contributed by atoms with E-state index < -0.39 is 35.0 Å². The number of amides is 1. The van der Waals surface area contributed by atoms with E-state index in [1.54, 1.807) is 25.2 Å². The van der Waals surface area contributed by atoms with Crippen LogP contribution < -0.4 is 10.9 Å². The van der Waals surface area contributed by atoms with Gasteiger partial charge in [-0.3, -0.25) is 9.59 Å². The number of pyridine rings is 1. The number of nitrogens with zero attached hydrogens (tertiary/aromatic N) is 1. The molecule has 3 N–H and O–H groups in total. The van der Waals surface area contributed by atoms with Gasteiger partial charge in [0, 0.05) is 36.8 Å². The first-order valence-electron chi connectivity index (χ1n) is 9.64. The van der Waals surface area contributed by atoms with Crippen LogP contribution in [0.3, 0.4) is 0 Å². The number of aromatic nitrogens is 2. The minimum atomic E-state index is -1.12. The summed E-state index contributed by atoms with van der Waals surface area (Å²) in [5, 5.41) is 3.96. The van der Waals surface area contributed by atoms with Gasteiger partial charge >= 0.3 is 0 Å². The smallest absolute Gasteiger partial charge is 0.270 e. The third-order valence-electron chi connectivity index (χ3n) is 5.78. The number of halogens is 3. The molecule has 0 aliphatic carbocycles. The van der Waals surface area contributed by atoms with E-state index in [0.717, 1.165) is 12.1 Å². The molecule has 0 fully saturated rings. The van der Waals surface area contributed by atoms with Crippen LogP contribution >= 0.6 is 0 Å². The maximum absolute atomic E-state index is 14.0. The van der Waals surface area contributed by atoms with Crippen LogP contribution in [0.4, 0.5) is 13.2 Å². The lowest BCUT2D eigenvalue weighted by Crippen LogP contribution is -2.42. The standard InChI is InChI=1S/C22H17F3N4O2/c1-29(22(31)16-5-10-3-2-4-13(23)20(10)27-16)18-9-26-8-17-19(18)11-6-14(24)15(25)7-12(11)21(30)28-17/h2-7,18,26-27H,8-9H2,1H3,(H,28,30)/t18-/m1/s1. The summed E-state index contributed by atoms with van der Waals surface area (Å²) < 4.78 is 41.8. The first kappa shape index (κ1) is 19.4. The Bertz CT molecular complexity index is 1430. The molecule has 0 unspecified atom stereocenters. The molecule has 1 aliphatic rings. The molecule has 0 saturated heterocycles. The summed E-state index contributed by atoms with van der Waals surface area (Å²) in [5.74, 6) is -3.06. The number of H-pyrrole nitrogens is 2. The highest BCUT2D eigenvalue weighted by Crippen LogP contribution is 2.33. The maximum Gasteiger partial charge on any atom is 0.270 e. The molecule has 0 radical (unpaired) electrons. The number of carbonyl (C=O) groups excluding carboxylic acids is 1. The predicted octanol–water partition coefficient (Wildman–Crippen LogP) is 3.34. The minimum absolute atomic E-state index is 0.0121. The first-order chi connectivity index (χ1) is 14.8. The van der Waals surface area contributed by atoms with Crippen molar-refractivity contribution in [3.63, 3.8) is 0 Å². The van der Waals surface area contributed by atoms with E-state index in [-0.39, 0.29) is 22.0 Å². The summed E-state index contributed by atoms with van der Waals surface area (Å²) in [7, 11) is 1.57. The summed E-state index contributed by atoms with van der Waals surface area (Å²) in [6, 6.07) is 7.40. The average Bonchev–Trinajstić information content (AvgIpc) is 3.19. The van der Waals surface area contributed by atoms with Crippen molar-refractivity contribution in [1.82, 2.24) is 20.2 Å². The highest BCUT2D eigenvalue weighted by Gasteiger charge is 2.31. The number of para-hydroxylation sites is 1. The van der Waals surface area contributed by atoms with Crippen molar-refractivity contribution < 1.29 is 18.0 Å². The van der Waals surface area contributed by atoms with E-state index in [9.17, 15) is 22.8 Å². The number of carbonyl (C=O) groups is 1. The summed E-state index contributed by atoms with van der Waals surface area (Å²) in [6.45, 7) is 0.652. The Labute approximate surface area is 173 Å². The predicted molar refractivity (Wildman–Crippen MR) is 109 cm³/mol. The van der Waals surface area contributed by atoms with Gasteiger partial charge in [-0.15, -0.1) is 0 Å². The van der Waals surface area contributed by atoms with Crippen LogP contribution in [0.1, 0.15) is 27.8 Å². The van der Waals surface area contributed by atoms with Gasteiger partial charge in [-0.2, -0.15) is 0 Å². The molecule has 2 aromatic heterocycles. The van der Waals surface area contributed by atoms with E-state index in [2.05, 4.69) is 15.3 Å². The Morgan fingerprint density at radius 3 is 2.52 bits per heavy atom. The van der Waals surface area contributed by atoms with Gasteiger partial charge in [0.2, 0.25) is 0 Å². The normalized spacial score (nSPS) is 15.9. The van der Waals surface area contributed by atoms with Crippen LogP contribution in [0, 0.1) is 17.5 Å². The molecule has 5 rings (SSSR count). The highest BCUT2D eigenvalue weighted by molar-refractivity contribution is 5.98. The number of aromatic amines is 2. The number of benzene rings is 2. The second kappa shape index (κ2) is 6.98. The quantitative estimate of drug-likeness (QED) is 0.460. The van der Waals surface area contributed by atoms with Gasteiger partial charge in [0.15, 0.2) is 11.6 Å². The summed E-state index contributed by atoms with van der Waals surface area (Å²) in [4.78, 5) is 32.5. The van der Waals surface area contributed by atoms with Crippen molar-refractivity contribution in [1.29, 1.82) is 0 Å². The molecule has 0 saturated carbocycles. The lowest BCUT2D eigenvalue weighted by Gasteiger charge is -2.34. The summed E-state index contributed by atoms with van der Waals surface area (Å²) in [5.41, 5.74) is 0.942. The zero-order chi connectivity index (χ0) is 21.9.